The van der Waals surface area contributed by atoms with Gasteiger partial charge in [-0.2, -0.15) is 0 Å². The van der Waals surface area contributed by atoms with Crippen molar-refractivity contribution in [2.75, 3.05) is 32.7 Å². The van der Waals surface area contributed by atoms with Gasteiger partial charge in [0.1, 0.15) is 0 Å². The number of carbonyl (C=O) groups excluding carboxylic acids is 1. The molecule has 0 radical (unpaired) electrons. The Balaban J connectivity index is 2.61. The Morgan fingerprint density at radius 2 is 1.75 bits per heavy atom. The molecular formula is C14H27N3O2S. The highest BCUT2D eigenvalue weighted by Gasteiger charge is 2.39. The zero-order valence-corrected chi connectivity index (χ0v) is 13.8. The fourth-order valence-electron chi connectivity index (χ4n) is 2.44. The normalized spacial score (nSPS) is 20.6. The molecule has 1 amide bonds. The summed E-state index contributed by atoms with van der Waals surface area (Å²) in [6.45, 7) is 10.8. The molecule has 1 heterocycles. The second-order valence-electron chi connectivity index (χ2n) is 6.43. The van der Waals surface area contributed by atoms with E-state index in [1.807, 2.05) is 18.7 Å². The Bertz CT molecular complexity index is 373. The van der Waals surface area contributed by atoms with Gasteiger partial charge in [0.15, 0.2) is 0 Å². The highest BCUT2D eigenvalue weighted by molar-refractivity contribution is 7.80. The lowest BCUT2D eigenvalue weighted by atomic mass is 9.85. The van der Waals surface area contributed by atoms with Crippen molar-refractivity contribution in [3.05, 3.63) is 0 Å². The van der Waals surface area contributed by atoms with Crippen molar-refractivity contribution in [2.45, 2.75) is 39.7 Å². The number of thiocarbonyl (C=S) groups is 1. The van der Waals surface area contributed by atoms with E-state index >= 15 is 0 Å². The lowest BCUT2D eigenvalue weighted by Gasteiger charge is -2.40. The van der Waals surface area contributed by atoms with Gasteiger partial charge in [0.05, 0.1) is 16.0 Å². The quantitative estimate of drug-likeness (QED) is 0.728. The summed E-state index contributed by atoms with van der Waals surface area (Å²) in [4.78, 5) is 16.9. The van der Waals surface area contributed by atoms with Crippen LogP contribution < -0.4 is 5.73 Å². The van der Waals surface area contributed by atoms with Gasteiger partial charge in [-0.05, 0) is 27.2 Å². The Morgan fingerprint density at radius 3 is 2.10 bits per heavy atom. The molecule has 3 N–H and O–H groups in total. The van der Waals surface area contributed by atoms with Gasteiger partial charge < -0.3 is 15.7 Å². The predicted molar refractivity (Wildman–Crippen MR) is 84.5 cm³/mol. The highest BCUT2D eigenvalue weighted by atomic mass is 32.1. The summed E-state index contributed by atoms with van der Waals surface area (Å²) in [5.41, 5.74) is 4.29. The molecule has 0 aromatic carbocycles. The molecule has 0 aromatic rings. The number of hydrogen-bond acceptors (Lipinski definition) is 4. The van der Waals surface area contributed by atoms with Crippen molar-refractivity contribution >= 4 is 23.1 Å². The van der Waals surface area contributed by atoms with E-state index < -0.39 is 11.0 Å². The van der Waals surface area contributed by atoms with E-state index in [2.05, 4.69) is 4.90 Å². The molecule has 116 valence electrons. The molecule has 6 heteroatoms. The maximum absolute atomic E-state index is 12.6. The summed E-state index contributed by atoms with van der Waals surface area (Å²) in [5, 5.41) is 9.83. The molecular weight excluding hydrogens is 274 g/mol. The van der Waals surface area contributed by atoms with Gasteiger partial charge in [-0.25, -0.2) is 0 Å². The Hall–Kier alpha value is -0.720. The van der Waals surface area contributed by atoms with Crippen molar-refractivity contribution in [1.82, 2.24) is 9.80 Å². The van der Waals surface area contributed by atoms with E-state index in [0.29, 0.717) is 26.1 Å². The lowest BCUT2D eigenvalue weighted by molar-refractivity contribution is -0.139. The second kappa shape index (κ2) is 6.37. The van der Waals surface area contributed by atoms with E-state index in [1.54, 1.807) is 13.8 Å². The molecule has 1 saturated heterocycles. The summed E-state index contributed by atoms with van der Waals surface area (Å²) >= 11 is 5.06. The summed E-state index contributed by atoms with van der Waals surface area (Å²) in [6, 6.07) is 0. The molecule has 0 saturated carbocycles. The summed E-state index contributed by atoms with van der Waals surface area (Å²) < 4.78 is 0. The van der Waals surface area contributed by atoms with Gasteiger partial charge in [-0.15, -0.1) is 0 Å². The predicted octanol–water partition coefficient (Wildman–Crippen LogP) is 0.604. The number of nitrogens with zero attached hydrogens (tertiary/aromatic N) is 2. The molecule has 1 rings (SSSR count). The van der Waals surface area contributed by atoms with Crippen molar-refractivity contribution < 1.29 is 9.90 Å². The number of piperazine rings is 1. The zero-order chi connectivity index (χ0) is 15.6. The topological polar surface area (TPSA) is 69.8 Å². The average Bonchev–Trinajstić information content (AvgIpc) is 2.35. The second-order valence-corrected chi connectivity index (χ2v) is 6.87. The van der Waals surface area contributed by atoms with Crippen LogP contribution in [-0.2, 0) is 4.79 Å². The molecule has 0 aliphatic carbocycles. The van der Waals surface area contributed by atoms with Crippen LogP contribution in [0.3, 0.4) is 0 Å². The zero-order valence-electron chi connectivity index (χ0n) is 13.0. The third-order valence-electron chi connectivity index (χ3n) is 3.99. The van der Waals surface area contributed by atoms with Crippen molar-refractivity contribution in [2.24, 2.45) is 11.1 Å². The van der Waals surface area contributed by atoms with E-state index in [1.165, 1.54) is 0 Å². The minimum atomic E-state index is -0.742. The van der Waals surface area contributed by atoms with Crippen LogP contribution in [0, 0.1) is 5.41 Å². The van der Waals surface area contributed by atoms with Crippen molar-refractivity contribution in [3.63, 3.8) is 0 Å². The third-order valence-corrected chi connectivity index (χ3v) is 4.44. The third kappa shape index (κ3) is 4.14. The fraction of sp³-hybridized carbons (Fsp3) is 0.857. The van der Waals surface area contributed by atoms with Gasteiger partial charge in [0, 0.05) is 32.7 Å². The standard InChI is InChI=1S/C14H27N3O2S/c1-5-14(4,11(15)20)12(18)17-8-6-16(7-9-17)10-13(2,3)19/h19H,5-10H2,1-4H3,(H2,15,20). The van der Waals surface area contributed by atoms with Gasteiger partial charge in [0.2, 0.25) is 5.91 Å². The van der Waals surface area contributed by atoms with E-state index in [9.17, 15) is 9.90 Å². The number of rotatable bonds is 5. The smallest absolute Gasteiger partial charge is 0.235 e. The van der Waals surface area contributed by atoms with Crippen LogP contribution in [0.4, 0.5) is 0 Å². The average molecular weight is 301 g/mol. The highest BCUT2D eigenvalue weighted by Crippen LogP contribution is 2.25. The summed E-state index contributed by atoms with van der Waals surface area (Å²) in [7, 11) is 0. The monoisotopic (exact) mass is 301 g/mol. The Kier molecular flexibility index (Phi) is 5.52. The van der Waals surface area contributed by atoms with Gasteiger partial charge in [-0.1, -0.05) is 19.1 Å². The minimum absolute atomic E-state index is 0.0235. The van der Waals surface area contributed by atoms with E-state index in [4.69, 9.17) is 18.0 Å². The molecule has 1 unspecified atom stereocenters. The molecule has 0 spiro atoms. The molecule has 0 aromatic heterocycles. The largest absolute Gasteiger partial charge is 0.392 e. The van der Waals surface area contributed by atoms with Crippen LogP contribution in [0.15, 0.2) is 0 Å². The lowest BCUT2D eigenvalue weighted by Crippen LogP contribution is -2.56. The number of amides is 1. The summed E-state index contributed by atoms with van der Waals surface area (Å²) in [5.74, 6) is 0.0235. The first-order chi connectivity index (χ1) is 9.10. The molecule has 1 aliphatic rings. The van der Waals surface area contributed by atoms with Gasteiger partial charge in [0.25, 0.3) is 0 Å². The van der Waals surface area contributed by atoms with Crippen LogP contribution in [0.1, 0.15) is 34.1 Å². The van der Waals surface area contributed by atoms with Gasteiger partial charge in [-0.3, -0.25) is 9.69 Å². The van der Waals surface area contributed by atoms with E-state index in [-0.39, 0.29) is 10.9 Å². The van der Waals surface area contributed by atoms with Gasteiger partial charge >= 0.3 is 0 Å². The SMILES string of the molecule is CCC(C)(C(=O)N1CCN(CC(C)(C)O)CC1)C(N)=S. The number of nitrogens with two attached hydrogens (primary N) is 1. The Labute approximate surface area is 127 Å². The van der Waals surface area contributed by atoms with Crippen LogP contribution in [0.25, 0.3) is 0 Å². The molecule has 1 atom stereocenters. The van der Waals surface area contributed by atoms with Crippen LogP contribution in [-0.4, -0.2) is 64.1 Å². The fourth-order valence-corrected chi connectivity index (χ4v) is 2.67. The van der Waals surface area contributed by atoms with Crippen LogP contribution >= 0.6 is 12.2 Å². The number of hydrogen-bond donors (Lipinski definition) is 2. The van der Waals surface area contributed by atoms with Crippen LogP contribution in [0.5, 0.6) is 0 Å². The minimum Gasteiger partial charge on any atom is -0.392 e. The maximum Gasteiger partial charge on any atom is 0.235 e. The molecule has 20 heavy (non-hydrogen) atoms. The number of carbonyl (C=O) groups is 1. The molecule has 1 fully saturated rings. The first-order valence-corrected chi connectivity index (χ1v) is 7.55. The molecule has 0 bridgehead atoms. The van der Waals surface area contributed by atoms with Crippen molar-refractivity contribution in [3.8, 4) is 0 Å². The molecule has 1 aliphatic heterocycles. The van der Waals surface area contributed by atoms with Crippen molar-refractivity contribution in [1.29, 1.82) is 0 Å². The maximum atomic E-state index is 12.6. The summed E-state index contributed by atoms with van der Waals surface area (Å²) in [6.07, 6.45) is 0.616. The molecule has 5 nitrogen and oxygen atoms in total. The number of aliphatic hydroxyl groups is 1. The van der Waals surface area contributed by atoms with E-state index in [0.717, 1.165) is 13.1 Å². The first-order valence-electron chi connectivity index (χ1n) is 7.14. The Morgan fingerprint density at radius 1 is 1.25 bits per heavy atom. The first kappa shape index (κ1) is 17.3. The van der Waals surface area contributed by atoms with Crippen LogP contribution in [0.2, 0.25) is 0 Å². The number of β-amino-alcohol motifs (C(OH)–C–C–N with tert-alkyl or cyclic N) is 1.